The van der Waals surface area contributed by atoms with Gasteiger partial charge in [0.1, 0.15) is 5.82 Å². The van der Waals surface area contributed by atoms with Crippen molar-refractivity contribution in [2.45, 2.75) is 13.3 Å². The zero-order valence-corrected chi connectivity index (χ0v) is 9.89. The molecule has 0 bridgehead atoms. The van der Waals surface area contributed by atoms with Crippen LogP contribution >= 0.6 is 11.8 Å². The maximum Gasteiger partial charge on any atom is 0.126 e. The standard InChI is InChI=1S/C11H18N2OS/c1-10-3-4-12-11(9-10)13-5-8-15-7-2-6-14/h3-4,9,14H,2,5-8H2,1H3,(H,12,13). The van der Waals surface area contributed by atoms with Crippen molar-refractivity contribution in [2.75, 3.05) is 30.0 Å². The normalized spacial score (nSPS) is 10.3. The van der Waals surface area contributed by atoms with Gasteiger partial charge in [0.15, 0.2) is 0 Å². The van der Waals surface area contributed by atoms with E-state index in [1.165, 1.54) is 5.56 Å². The minimum Gasteiger partial charge on any atom is -0.396 e. The molecule has 0 amide bonds. The molecular weight excluding hydrogens is 208 g/mol. The first kappa shape index (κ1) is 12.3. The van der Waals surface area contributed by atoms with Crippen molar-refractivity contribution in [1.82, 2.24) is 4.98 Å². The van der Waals surface area contributed by atoms with Crippen molar-refractivity contribution in [1.29, 1.82) is 0 Å². The predicted molar refractivity (Wildman–Crippen MR) is 66.5 cm³/mol. The molecule has 84 valence electrons. The Morgan fingerprint density at radius 1 is 1.47 bits per heavy atom. The third-order valence-corrected chi connectivity index (χ3v) is 2.98. The van der Waals surface area contributed by atoms with E-state index in [0.717, 1.165) is 30.3 Å². The smallest absolute Gasteiger partial charge is 0.126 e. The van der Waals surface area contributed by atoms with Crippen LogP contribution in [0.3, 0.4) is 0 Å². The second kappa shape index (κ2) is 7.54. The fraction of sp³-hybridized carbons (Fsp3) is 0.545. The molecule has 1 aromatic heterocycles. The Labute approximate surface area is 95.3 Å². The first-order valence-electron chi connectivity index (χ1n) is 5.18. The molecular formula is C11H18N2OS. The van der Waals surface area contributed by atoms with E-state index in [9.17, 15) is 0 Å². The number of aryl methyl sites for hydroxylation is 1. The molecule has 2 N–H and O–H groups in total. The number of hydrogen-bond donors (Lipinski definition) is 2. The summed E-state index contributed by atoms with van der Waals surface area (Å²) >= 11 is 1.85. The maximum atomic E-state index is 8.59. The molecule has 0 spiro atoms. The fourth-order valence-corrected chi connectivity index (χ4v) is 1.94. The molecule has 0 atom stereocenters. The van der Waals surface area contributed by atoms with E-state index in [-0.39, 0.29) is 0 Å². The predicted octanol–water partition coefficient (Wildman–Crippen LogP) is 1.92. The molecule has 1 rings (SSSR count). The van der Waals surface area contributed by atoms with E-state index < -0.39 is 0 Å². The molecule has 0 aliphatic heterocycles. The summed E-state index contributed by atoms with van der Waals surface area (Å²) in [7, 11) is 0. The summed E-state index contributed by atoms with van der Waals surface area (Å²) in [6, 6.07) is 4.03. The Morgan fingerprint density at radius 2 is 2.33 bits per heavy atom. The highest BCUT2D eigenvalue weighted by Gasteiger charge is 1.93. The number of hydrogen-bond acceptors (Lipinski definition) is 4. The Kier molecular flexibility index (Phi) is 6.20. The van der Waals surface area contributed by atoms with Crippen molar-refractivity contribution in [3.05, 3.63) is 23.9 Å². The van der Waals surface area contributed by atoms with Crippen LogP contribution in [0.15, 0.2) is 18.3 Å². The van der Waals surface area contributed by atoms with Crippen LogP contribution in [0.1, 0.15) is 12.0 Å². The Bertz CT molecular complexity index is 281. The number of anilines is 1. The van der Waals surface area contributed by atoms with Gasteiger partial charge in [-0.3, -0.25) is 0 Å². The molecule has 0 aromatic carbocycles. The molecule has 1 heterocycles. The van der Waals surface area contributed by atoms with E-state index in [1.54, 1.807) is 0 Å². The van der Waals surface area contributed by atoms with E-state index >= 15 is 0 Å². The molecule has 3 nitrogen and oxygen atoms in total. The lowest BCUT2D eigenvalue weighted by atomic mass is 10.3. The van der Waals surface area contributed by atoms with Crippen LogP contribution in [-0.2, 0) is 0 Å². The molecule has 0 saturated heterocycles. The van der Waals surface area contributed by atoms with Gasteiger partial charge in [-0.15, -0.1) is 0 Å². The van der Waals surface area contributed by atoms with E-state index in [2.05, 4.69) is 17.2 Å². The van der Waals surface area contributed by atoms with Crippen molar-refractivity contribution in [3.63, 3.8) is 0 Å². The van der Waals surface area contributed by atoms with Crippen molar-refractivity contribution >= 4 is 17.6 Å². The third kappa shape index (κ3) is 5.64. The third-order valence-electron chi connectivity index (χ3n) is 1.91. The second-order valence-electron chi connectivity index (χ2n) is 3.33. The van der Waals surface area contributed by atoms with Gasteiger partial charge in [0, 0.05) is 25.1 Å². The number of nitrogens with zero attached hydrogens (tertiary/aromatic N) is 1. The van der Waals surface area contributed by atoms with Crippen molar-refractivity contribution in [3.8, 4) is 0 Å². The van der Waals surface area contributed by atoms with Gasteiger partial charge in [-0.2, -0.15) is 11.8 Å². The topological polar surface area (TPSA) is 45.2 Å². The van der Waals surface area contributed by atoms with Crippen molar-refractivity contribution < 1.29 is 5.11 Å². The number of aliphatic hydroxyl groups is 1. The number of thioether (sulfide) groups is 1. The molecule has 0 aliphatic carbocycles. The highest BCUT2D eigenvalue weighted by molar-refractivity contribution is 7.99. The number of pyridine rings is 1. The fourth-order valence-electron chi connectivity index (χ4n) is 1.15. The summed E-state index contributed by atoms with van der Waals surface area (Å²) < 4.78 is 0. The van der Waals surface area contributed by atoms with Gasteiger partial charge in [-0.25, -0.2) is 4.98 Å². The van der Waals surface area contributed by atoms with Gasteiger partial charge in [0.05, 0.1) is 0 Å². The highest BCUT2D eigenvalue weighted by atomic mass is 32.2. The van der Waals surface area contributed by atoms with Gasteiger partial charge in [-0.1, -0.05) is 0 Å². The van der Waals surface area contributed by atoms with Crippen LogP contribution in [0, 0.1) is 6.92 Å². The molecule has 0 aliphatic rings. The van der Waals surface area contributed by atoms with Gasteiger partial charge >= 0.3 is 0 Å². The van der Waals surface area contributed by atoms with E-state index in [4.69, 9.17) is 5.11 Å². The first-order chi connectivity index (χ1) is 7.33. The van der Waals surface area contributed by atoms with Gasteiger partial charge in [-0.05, 0) is 36.8 Å². The van der Waals surface area contributed by atoms with Gasteiger partial charge in [0.25, 0.3) is 0 Å². The summed E-state index contributed by atoms with van der Waals surface area (Å²) in [5, 5.41) is 11.9. The van der Waals surface area contributed by atoms with Gasteiger partial charge < -0.3 is 10.4 Å². The van der Waals surface area contributed by atoms with Crippen LogP contribution in [0.4, 0.5) is 5.82 Å². The van der Waals surface area contributed by atoms with E-state index in [0.29, 0.717) is 6.61 Å². The van der Waals surface area contributed by atoms with Crippen LogP contribution in [0.5, 0.6) is 0 Å². The Balaban J connectivity index is 2.10. The zero-order valence-electron chi connectivity index (χ0n) is 9.07. The molecule has 0 saturated carbocycles. The summed E-state index contributed by atoms with van der Waals surface area (Å²) in [4.78, 5) is 4.21. The summed E-state index contributed by atoms with van der Waals surface area (Å²) in [6.45, 7) is 3.27. The van der Waals surface area contributed by atoms with Crippen LogP contribution < -0.4 is 5.32 Å². The number of nitrogens with one attached hydrogen (secondary N) is 1. The number of aromatic nitrogens is 1. The zero-order chi connectivity index (χ0) is 10.9. The quantitative estimate of drug-likeness (QED) is 0.697. The Morgan fingerprint density at radius 3 is 3.07 bits per heavy atom. The minimum absolute atomic E-state index is 0.292. The summed E-state index contributed by atoms with van der Waals surface area (Å²) in [6.07, 6.45) is 2.70. The first-order valence-corrected chi connectivity index (χ1v) is 6.33. The average Bonchev–Trinajstić information content (AvgIpc) is 2.23. The largest absolute Gasteiger partial charge is 0.396 e. The number of aliphatic hydroxyl groups excluding tert-OH is 1. The lowest BCUT2D eigenvalue weighted by molar-refractivity contribution is 0.296. The Hall–Kier alpha value is -0.740. The van der Waals surface area contributed by atoms with Crippen molar-refractivity contribution in [2.24, 2.45) is 0 Å². The van der Waals surface area contributed by atoms with Crippen LogP contribution in [-0.4, -0.2) is 34.7 Å². The molecule has 0 radical (unpaired) electrons. The lowest BCUT2D eigenvalue weighted by Crippen LogP contribution is -2.06. The SMILES string of the molecule is Cc1ccnc(NCCSCCCO)c1. The molecule has 15 heavy (non-hydrogen) atoms. The summed E-state index contributed by atoms with van der Waals surface area (Å²) in [5.74, 6) is 3.02. The maximum absolute atomic E-state index is 8.59. The average molecular weight is 226 g/mol. The minimum atomic E-state index is 0.292. The molecule has 1 aromatic rings. The lowest BCUT2D eigenvalue weighted by Gasteiger charge is -2.05. The monoisotopic (exact) mass is 226 g/mol. The van der Waals surface area contributed by atoms with Crippen LogP contribution in [0.2, 0.25) is 0 Å². The molecule has 0 unspecified atom stereocenters. The van der Waals surface area contributed by atoms with Crippen LogP contribution in [0.25, 0.3) is 0 Å². The van der Waals surface area contributed by atoms with E-state index in [1.807, 2.05) is 30.1 Å². The van der Waals surface area contributed by atoms with Gasteiger partial charge in [0.2, 0.25) is 0 Å². The highest BCUT2D eigenvalue weighted by Crippen LogP contribution is 2.06. The molecule has 0 fully saturated rings. The number of rotatable bonds is 7. The second-order valence-corrected chi connectivity index (χ2v) is 4.56. The summed E-state index contributed by atoms with van der Waals surface area (Å²) in [5.41, 5.74) is 1.22. The molecule has 4 heteroatoms.